The van der Waals surface area contributed by atoms with E-state index < -0.39 is 0 Å². The SMILES string of the molecule is CNCc1cn2nc(-c3ccccc3F)ccc2n1. The van der Waals surface area contributed by atoms with Crippen molar-refractivity contribution < 1.29 is 4.39 Å². The van der Waals surface area contributed by atoms with E-state index in [0.717, 1.165) is 11.3 Å². The summed E-state index contributed by atoms with van der Waals surface area (Å²) >= 11 is 0. The summed E-state index contributed by atoms with van der Waals surface area (Å²) in [6.45, 7) is 0.679. The first-order valence-corrected chi connectivity index (χ1v) is 6.03. The van der Waals surface area contributed by atoms with Gasteiger partial charge in [-0.2, -0.15) is 5.10 Å². The monoisotopic (exact) mass is 256 g/mol. The molecule has 3 aromatic rings. The standard InChI is InChI=1S/C14H13FN4/c1-16-8-10-9-19-14(17-10)7-6-13(18-19)11-4-2-3-5-12(11)15/h2-7,9,16H,8H2,1H3. The van der Waals surface area contributed by atoms with Crippen LogP contribution in [-0.2, 0) is 6.54 Å². The topological polar surface area (TPSA) is 42.2 Å². The van der Waals surface area contributed by atoms with Crippen LogP contribution >= 0.6 is 0 Å². The van der Waals surface area contributed by atoms with Crippen molar-refractivity contribution in [2.24, 2.45) is 0 Å². The maximum atomic E-state index is 13.7. The second-order valence-corrected chi connectivity index (χ2v) is 4.26. The van der Waals surface area contributed by atoms with Crippen LogP contribution in [0, 0.1) is 5.82 Å². The van der Waals surface area contributed by atoms with Crippen LogP contribution in [-0.4, -0.2) is 21.6 Å². The van der Waals surface area contributed by atoms with Crippen molar-refractivity contribution >= 4 is 5.65 Å². The predicted octanol–water partition coefficient (Wildman–Crippen LogP) is 2.25. The lowest BCUT2D eigenvalue weighted by molar-refractivity contribution is 0.630. The van der Waals surface area contributed by atoms with Crippen LogP contribution in [0.25, 0.3) is 16.9 Å². The Balaban J connectivity index is 2.08. The van der Waals surface area contributed by atoms with Gasteiger partial charge in [0.1, 0.15) is 5.82 Å². The van der Waals surface area contributed by atoms with Gasteiger partial charge in [0.15, 0.2) is 5.65 Å². The van der Waals surface area contributed by atoms with Crippen LogP contribution in [0.1, 0.15) is 5.69 Å². The van der Waals surface area contributed by atoms with Gasteiger partial charge in [-0.15, -0.1) is 0 Å². The Kier molecular flexibility index (Phi) is 2.97. The number of hydrogen-bond donors (Lipinski definition) is 1. The molecule has 0 amide bonds. The molecule has 96 valence electrons. The van der Waals surface area contributed by atoms with Gasteiger partial charge in [-0.05, 0) is 31.3 Å². The van der Waals surface area contributed by atoms with E-state index in [1.807, 2.05) is 19.3 Å². The maximum Gasteiger partial charge on any atom is 0.153 e. The smallest absolute Gasteiger partial charge is 0.153 e. The number of halogens is 1. The van der Waals surface area contributed by atoms with Gasteiger partial charge in [-0.25, -0.2) is 13.9 Å². The molecule has 19 heavy (non-hydrogen) atoms. The third kappa shape index (κ3) is 2.20. The fourth-order valence-electron chi connectivity index (χ4n) is 2.01. The van der Waals surface area contributed by atoms with Crippen LogP contribution < -0.4 is 5.32 Å². The predicted molar refractivity (Wildman–Crippen MR) is 71.1 cm³/mol. The van der Waals surface area contributed by atoms with Crippen LogP contribution in [0.4, 0.5) is 4.39 Å². The van der Waals surface area contributed by atoms with Gasteiger partial charge in [0.05, 0.1) is 17.6 Å². The average Bonchev–Trinajstić information content (AvgIpc) is 2.81. The fourth-order valence-corrected chi connectivity index (χ4v) is 2.01. The molecule has 0 saturated carbocycles. The Morgan fingerprint density at radius 2 is 2.05 bits per heavy atom. The lowest BCUT2D eigenvalue weighted by atomic mass is 10.1. The number of benzene rings is 1. The van der Waals surface area contributed by atoms with Gasteiger partial charge in [0.2, 0.25) is 0 Å². The first-order valence-electron chi connectivity index (χ1n) is 6.03. The van der Waals surface area contributed by atoms with Gasteiger partial charge < -0.3 is 5.32 Å². The minimum atomic E-state index is -0.273. The molecular weight excluding hydrogens is 243 g/mol. The van der Waals surface area contributed by atoms with Crippen molar-refractivity contribution in [1.82, 2.24) is 19.9 Å². The van der Waals surface area contributed by atoms with Crippen molar-refractivity contribution in [2.75, 3.05) is 7.05 Å². The first-order chi connectivity index (χ1) is 9.28. The summed E-state index contributed by atoms with van der Waals surface area (Å²) in [4.78, 5) is 4.40. The Morgan fingerprint density at radius 1 is 1.21 bits per heavy atom. The third-order valence-electron chi connectivity index (χ3n) is 2.88. The van der Waals surface area contributed by atoms with E-state index >= 15 is 0 Å². The molecule has 0 atom stereocenters. The molecule has 0 bridgehead atoms. The summed E-state index contributed by atoms with van der Waals surface area (Å²) in [6, 6.07) is 10.2. The molecule has 1 N–H and O–H groups in total. The summed E-state index contributed by atoms with van der Waals surface area (Å²) < 4.78 is 15.4. The maximum absolute atomic E-state index is 13.7. The second kappa shape index (κ2) is 4.78. The Labute approximate surface area is 109 Å². The van der Waals surface area contributed by atoms with Crippen LogP contribution in [0.5, 0.6) is 0 Å². The zero-order valence-electron chi connectivity index (χ0n) is 10.5. The van der Waals surface area contributed by atoms with Crippen molar-refractivity contribution in [3.63, 3.8) is 0 Å². The van der Waals surface area contributed by atoms with Crippen molar-refractivity contribution in [3.8, 4) is 11.3 Å². The van der Waals surface area contributed by atoms with Crippen molar-refractivity contribution in [2.45, 2.75) is 6.54 Å². The Bertz CT molecular complexity index is 720. The summed E-state index contributed by atoms with van der Waals surface area (Å²) in [5, 5.41) is 7.43. The van der Waals surface area contributed by atoms with Gasteiger partial charge in [0, 0.05) is 12.1 Å². The minimum Gasteiger partial charge on any atom is -0.314 e. The van der Waals surface area contributed by atoms with E-state index in [2.05, 4.69) is 15.4 Å². The molecule has 0 aliphatic heterocycles. The van der Waals surface area contributed by atoms with Gasteiger partial charge >= 0.3 is 0 Å². The summed E-state index contributed by atoms with van der Waals surface area (Å²) in [5.74, 6) is -0.273. The molecule has 3 rings (SSSR count). The molecule has 0 radical (unpaired) electrons. The molecule has 2 heterocycles. The summed E-state index contributed by atoms with van der Waals surface area (Å²) in [6.07, 6.45) is 1.84. The molecule has 0 unspecified atom stereocenters. The Morgan fingerprint density at radius 3 is 2.84 bits per heavy atom. The second-order valence-electron chi connectivity index (χ2n) is 4.26. The van der Waals surface area contributed by atoms with Crippen molar-refractivity contribution in [1.29, 1.82) is 0 Å². The number of fused-ring (bicyclic) bond motifs is 1. The lowest BCUT2D eigenvalue weighted by Crippen LogP contribution is -2.04. The Hall–Kier alpha value is -2.27. The quantitative estimate of drug-likeness (QED) is 0.781. The van der Waals surface area contributed by atoms with E-state index in [4.69, 9.17) is 0 Å². The number of aromatic nitrogens is 3. The highest BCUT2D eigenvalue weighted by atomic mass is 19.1. The lowest BCUT2D eigenvalue weighted by Gasteiger charge is -2.02. The van der Waals surface area contributed by atoms with Crippen LogP contribution in [0.15, 0.2) is 42.6 Å². The number of hydrogen-bond acceptors (Lipinski definition) is 3. The molecule has 2 aromatic heterocycles. The molecule has 0 saturated heterocycles. The van der Waals surface area contributed by atoms with Crippen molar-refractivity contribution in [3.05, 3.63) is 54.1 Å². The third-order valence-corrected chi connectivity index (χ3v) is 2.88. The zero-order chi connectivity index (χ0) is 13.2. The molecule has 1 aromatic carbocycles. The molecule has 5 heteroatoms. The molecule has 0 spiro atoms. The highest BCUT2D eigenvalue weighted by molar-refractivity contribution is 5.60. The molecule has 4 nitrogen and oxygen atoms in total. The number of rotatable bonds is 3. The van der Waals surface area contributed by atoms with E-state index in [1.165, 1.54) is 6.07 Å². The number of nitrogens with zero attached hydrogens (tertiary/aromatic N) is 3. The van der Waals surface area contributed by atoms with E-state index in [0.29, 0.717) is 17.8 Å². The van der Waals surface area contributed by atoms with Gasteiger partial charge in [-0.1, -0.05) is 12.1 Å². The average molecular weight is 256 g/mol. The fraction of sp³-hybridized carbons (Fsp3) is 0.143. The minimum absolute atomic E-state index is 0.273. The highest BCUT2D eigenvalue weighted by Crippen LogP contribution is 2.20. The molecule has 0 aliphatic carbocycles. The number of imidazole rings is 1. The normalized spacial score (nSPS) is 11.1. The van der Waals surface area contributed by atoms with Crippen LogP contribution in [0.2, 0.25) is 0 Å². The van der Waals surface area contributed by atoms with Gasteiger partial charge in [-0.3, -0.25) is 0 Å². The summed E-state index contributed by atoms with van der Waals surface area (Å²) in [5.41, 5.74) is 2.75. The van der Waals surface area contributed by atoms with E-state index in [9.17, 15) is 4.39 Å². The molecular formula is C14H13FN4. The summed E-state index contributed by atoms with van der Waals surface area (Å²) in [7, 11) is 1.86. The van der Waals surface area contributed by atoms with Crippen LogP contribution in [0.3, 0.4) is 0 Å². The van der Waals surface area contributed by atoms with Gasteiger partial charge in [0.25, 0.3) is 0 Å². The van der Waals surface area contributed by atoms with E-state index in [-0.39, 0.29) is 5.82 Å². The number of nitrogens with one attached hydrogen (secondary N) is 1. The molecule has 0 fully saturated rings. The molecule has 0 aliphatic rings. The zero-order valence-corrected chi connectivity index (χ0v) is 10.5. The van der Waals surface area contributed by atoms with E-state index in [1.54, 1.807) is 28.8 Å². The first kappa shape index (κ1) is 11.8. The highest BCUT2D eigenvalue weighted by Gasteiger charge is 2.08. The largest absolute Gasteiger partial charge is 0.314 e.